The molecule has 2 aliphatic rings. The first kappa shape index (κ1) is 63.5. The van der Waals surface area contributed by atoms with E-state index < -0.39 is 0 Å². The molecule has 0 unspecified atom stereocenters. The van der Waals surface area contributed by atoms with E-state index >= 15 is 0 Å². The number of nitriles is 3. The summed E-state index contributed by atoms with van der Waals surface area (Å²) in [4.78, 5) is 8.81. The second kappa shape index (κ2) is 48.5. The maximum Gasteiger partial charge on any atom is 1.00 e. The fourth-order valence-electron chi connectivity index (χ4n) is 1.59. The first-order valence-electron chi connectivity index (χ1n) is 7.11. The fraction of sp³-hybridized carbons (Fsp3) is 0.611. The summed E-state index contributed by atoms with van der Waals surface area (Å²) in [5.41, 5.74) is 0. The van der Waals surface area contributed by atoms with Crippen LogP contribution in [0.15, 0.2) is 24.8 Å². The van der Waals surface area contributed by atoms with Crippen LogP contribution in [-0.4, -0.2) is 73.4 Å². The third-order valence-corrected chi connectivity index (χ3v) is 2.74. The minimum absolute atomic E-state index is 0. The summed E-state index contributed by atoms with van der Waals surface area (Å²) in [6.07, 6.45) is 8.40. The Labute approximate surface area is 291 Å². The third kappa shape index (κ3) is 45.3. The Morgan fingerprint density at radius 2 is 0.968 bits per heavy atom. The van der Waals surface area contributed by atoms with Crippen LogP contribution in [0.1, 0.15) is 36.1 Å². The van der Waals surface area contributed by atoms with Crippen LogP contribution >= 0.6 is 0 Å². The van der Waals surface area contributed by atoms with E-state index in [1.165, 1.54) is 18.1 Å². The van der Waals surface area contributed by atoms with Gasteiger partial charge >= 0.3 is 103 Å². The molecule has 0 fully saturated rings. The van der Waals surface area contributed by atoms with Crippen molar-refractivity contribution in [1.29, 1.82) is 15.8 Å². The predicted molar refractivity (Wildman–Crippen MR) is 115 cm³/mol. The van der Waals surface area contributed by atoms with E-state index in [1.807, 2.05) is 0 Å². The smallest absolute Gasteiger partial charge is 1.00 e. The monoisotopic (exact) mass is 527 g/mol. The van der Waals surface area contributed by atoms with E-state index in [2.05, 4.69) is 80.2 Å². The minimum Gasteiger partial charge on any atom is -1.00 e. The molecule has 0 aromatic carbocycles. The van der Waals surface area contributed by atoms with Gasteiger partial charge in [0.25, 0.3) is 0 Å². The minimum atomic E-state index is 0. The van der Waals surface area contributed by atoms with Crippen molar-refractivity contribution in [2.24, 2.45) is 0 Å². The van der Waals surface area contributed by atoms with Crippen LogP contribution in [0.2, 0.25) is 0 Å². The van der Waals surface area contributed by atoms with Crippen LogP contribution in [-0.2, 0) is 0 Å². The molecule has 0 saturated carbocycles. The van der Waals surface area contributed by atoms with Gasteiger partial charge < -0.3 is 57.7 Å². The summed E-state index contributed by atoms with van der Waals surface area (Å²) in [5.74, 6) is 1.25. The third-order valence-electron chi connectivity index (χ3n) is 2.74. The Balaban J connectivity index is -0.0000000231. The van der Waals surface area contributed by atoms with Gasteiger partial charge in [-0.15, -0.1) is 0 Å². The molecule has 2 heterocycles. The van der Waals surface area contributed by atoms with Gasteiger partial charge in [0.1, 0.15) is 0 Å². The summed E-state index contributed by atoms with van der Waals surface area (Å²) in [5, 5.41) is 21.6. The van der Waals surface area contributed by atoms with Gasteiger partial charge in [0.15, 0.2) is 12.1 Å². The number of rotatable bonds is 2. The van der Waals surface area contributed by atoms with Gasteiger partial charge in [-0.25, -0.2) is 0 Å². The van der Waals surface area contributed by atoms with Gasteiger partial charge in [-0.3, -0.25) is 11.2 Å². The molecular weight excluding hydrogens is 490 g/mol. The second-order valence-corrected chi connectivity index (χ2v) is 4.56. The van der Waals surface area contributed by atoms with Gasteiger partial charge in [0.05, 0.1) is 13.3 Å². The van der Waals surface area contributed by atoms with Gasteiger partial charge in [0, 0.05) is 52.0 Å². The summed E-state index contributed by atoms with van der Waals surface area (Å²) in [6.45, 7) is 8.64. The van der Waals surface area contributed by atoms with E-state index in [0.717, 1.165) is 26.4 Å². The quantitative estimate of drug-likeness (QED) is 0.327. The number of halogens is 2. The van der Waals surface area contributed by atoms with Crippen LogP contribution in [0.5, 0.6) is 0 Å². The molecule has 0 bridgehead atoms. The molecule has 31 heavy (non-hydrogen) atoms. The van der Waals surface area contributed by atoms with Crippen molar-refractivity contribution in [3.8, 4) is 18.1 Å². The Kier molecular flexibility index (Phi) is 99.3. The van der Waals surface area contributed by atoms with Crippen LogP contribution in [0, 0.1) is 33.9 Å². The van der Waals surface area contributed by atoms with Gasteiger partial charge in [-0.05, 0) is 13.8 Å². The molecule has 0 aliphatic carbocycles. The molecule has 0 aromatic rings. The Hall–Kier alpha value is 1.03. The van der Waals surface area contributed by atoms with Crippen molar-refractivity contribution >= 4 is 7.85 Å². The summed E-state index contributed by atoms with van der Waals surface area (Å²) >= 11 is 0. The Morgan fingerprint density at radius 1 is 0.742 bits per heavy atom. The van der Waals surface area contributed by atoms with Crippen molar-refractivity contribution in [3.63, 3.8) is 0 Å². The SMILES string of the molecule is C.C.C.CCN1C=CN(C)C1.CCN1C=CN(C)C1.N#CC#N.O.[B-]C#N.[Cl-].[Cl-].[K+].[K+]. The standard InChI is InChI=1S/2C6H12N2.C2N2.CBN.3CH4.2ClH.2K.H2O/c2*1-3-8-5-4-7(2)6-8;3-1-2-4;2-1-3;;;;;;;;/h2*4-5H,3,6H2,1-2H3;;;3*1H4;2*1H;;;1H2/q;;;-1;;;;;;2*+1;/p-2. The van der Waals surface area contributed by atoms with Crippen LogP contribution in [0.3, 0.4) is 0 Å². The normalized spacial score (nSPS) is 10.0. The molecular formula is C18H38BCl2K2N7O-. The number of nitrogens with zero attached hydrogens (tertiary/aromatic N) is 7. The van der Waals surface area contributed by atoms with Crippen molar-refractivity contribution in [2.45, 2.75) is 36.1 Å². The molecule has 0 saturated heterocycles. The maximum absolute atomic E-state index is 7.26. The van der Waals surface area contributed by atoms with E-state index in [1.54, 1.807) is 0 Å². The zero-order valence-electron chi connectivity index (χ0n) is 17.6. The van der Waals surface area contributed by atoms with Crippen molar-refractivity contribution in [1.82, 2.24) is 19.6 Å². The number of hydrogen-bond donors (Lipinski definition) is 0. The molecule has 2 N–H and O–H groups in total. The maximum atomic E-state index is 7.26. The van der Waals surface area contributed by atoms with E-state index in [-0.39, 0.29) is 155 Å². The van der Waals surface area contributed by atoms with Crippen molar-refractivity contribution < 1.29 is 133 Å². The Bertz CT molecular complexity index is 461. The molecule has 3 radical (unpaired) electrons. The zero-order valence-corrected chi connectivity index (χ0v) is 25.4. The average molecular weight is 528 g/mol. The number of hydrogen-bond acceptors (Lipinski definition) is 7. The van der Waals surface area contributed by atoms with Gasteiger partial charge in [-0.2, -0.15) is 10.5 Å². The molecule has 0 spiro atoms. The zero-order chi connectivity index (χ0) is 18.1. The summed E-state index contributed by atoms with van der Waals surface area (Å²) in [6, 6.07) is 2.47. The fourth-order valence-corrected chi connectivity index (χ4v) is 1.59. The Morgan fingerprint density at radius 3 is 1.03 bits per heavy atom. The van der Waals surface area contributed by atoms with Gasteiger partial charge in [0.2, 0.25) is 0 Å². The van der Waals surface area contributed by atoms with Crippen LogP contribution < -0.4 is 128 Å². The molecule has 2 aliphatic heterocycles. The molecule has 13 heteroatoms. The molecule has 0 aromatic heterocycles. The van der Waals surface area contributed by atoms with Crippen molar-refractivity contribution in [3.05, 3.63) is 24.8 Å². The second-order valence-electron chi connectivity index (χ2n) is 4.56. The molecule has 2 rings (SSSR count). The predicted octanol–water partition coefficient (Wildman–Crippen LogP) is -9.87. The van der Waals surface area contributed by atoms with E-state index in [0.29, 0.717) is 0 Å². The van der Waals surface area contributed by atoms with Crippen LogP contribution in [0.25, 0.3) is 0 Å². The summed E-state index contributed by atoms with van der Waals surface area (Å²) in [7, 11) is 8.30. The van der Waals surface area contributed by atoms with Gasteiger partial charge in [-0.1, -0.05) is 22.3 Å². The van der Waals surface area contributed by atoms with E-state index in [9.17, 15) is 0 Å². The average Bonchev–Trinajstić information content (AvgIpc) is 3.17. The van der Waals surface area contributed by atoms with Crippen molar-refractivity contribution in [2.75, 3.05) is 40.5 Å². The molecule has 171 valence electrons. The summed E-state index contributed by atoms with van der Waals surface area (Å²) < 4.78 is 0. The molecule has 0 atom stereocenters. The molecule has 8 nitrogen and oxygen atoms in total. The first-order valence-corrected chi connectivity index (χ1v) is 7.11. The first-order chi connectivity index (χ1) is 11.0. The topological polar surface area (TPSA) is 116 Å². The largest absolute Gasteiger partial charge is 1.00 e. The van der Waals surface area contributed by atoms with Crippen LogP contribution in [0.4, 0.5) is 0 Å². The van der Waals surface area contributed by atoms with E-state index in [4.69, 9.17) is 15.8 Å². The molecule has 0 amide bonds.